The van der Waals surface area contributed by atoms with Crippen molar-refractivity contribution in [3.63, 3.8) is 0 Å². The van der Waals surface area contributed by atoms with Crippen LogP contribution in [-0.4, -0.2) is 9.97 Å². The summed E-state index contributed by atoms with van der Waals surface area (Å²) in [5.41, 5.74) is 7.75. The highest BCUT2D eigenvalue weighted by Crippen LogP contribution is 2.21. The third kappa shape index (κ3) is 2.85. The molecular weight excluding hydrogens is 236 g/mol. The Labute approximate surface area is 105 Å². The van der Waals surface area contributed by atoms with Crippen molar-refractivity contribution in [1.29, 1.82) is 0 Å². The molecule has 0 aliphatic heterocycles. The lowest BCUT2D eigenvalue weighted by Crippen LogP contribution is -2.01. The Bertz CT molecular complexity index is 507. The minimum atomic E-state index is 0.161. The third-order valence-corrected chi connectivity index (χ3v) is 2.57. The molecule has 0 radical (unpaired) electrons. The minimum absolute atomic E-state index is 0.161. The molecule has 3 N–H and O–H groups in total. The Morgan fingerprint density at radius 3 is 2.76 bits per heavy atom. The fraction of sp³-hybridized carbons (Fsp3) is 0.167. The zero-order chi connectivity index (χ0) is 12.3. The van der Waals surface area contributed by atoms with Crippen molar-refractivity contribution in [3.05, 3.63) is 41.0 Å². The van der Waals surface area contributed by atoms with Crippen LogP contribution in [0.5, 0.6) is 0 Å². The van der Waals surface area contributed by atoms with Crippen LogP contribution in [0, 0.1) is 0 Å². The fourth-order valence-electron chi connectivity index (χ4n) is 1.59. The van der Waals surface area contributed by atoms with E-state index < -0.39 is 0 Å². The average molecular weight is 249 g/mol. The van der Waals surface area contributed by atoms with E-state index in [9.17, 15) is 0 Å². The minimum Gasteiger partial charge on any atom is -0.368 e. The number of halogens is 1. The molecule has 2 rings (SSSR count). The summed E-state index contributed by atoms with van der Waals surface area (Å²) in [6.45, 7) is 2.10. The molecule has 0 unspecified atom stereocenters. The Balaban J connectivity index is 2.31. The van der Waals surface area contributed by atoms with E-state index in [1.165, 1.54) is 5.56 Å². The largest absolute Gasteiger partial charge is 0.368 e. The summed E-state index contributed by atoms with van der Waals surface area (Å²) in [5.74, 6) is 0.761. The number of rotatable bonds is 3. The maximum atomic E-state index is 5.82. The Hall–Kier alpha value is -1.81. The molecule has 0 aliphatic rings. The molecule has 0 aliphatic carbocycles. The molecule has 0 atom stereocenters. The number of hydrogen-bond acceptors (Lipinski definition) is 4. The molecule has 0 bridgehead atoms. The van der Waals surface area contributed by atoms with E-state index in [-0.39, 0.29) is 5.95 Å². The van der Waals surface area contributed by atoms with E-state index in [1.807, 2.05) is 18.2 Å². The topological polar surface area (TPSA) is 63.8 Å². The zero-order valence-corrected chi connectivity index (χ0v) is 10.2. The number of benzene rings is 1. The van der Waals surface area contributed by atoms with Crippen LogP contribution in [-0.2, 0) is 6.42 Å². The Morgan fingerprint density at radius 1 is 1.29 bits per heavy atom. The van der Waals surface area contributed by atoms with Gasteiger partial charge in [0.1, 0.15) is 11.0 Å². The fourth-order valence-corrected chi connectivity index (χ4v) is 1.78. The summed E-state index contributed by atoms with van der Waals surface area (Å²) in [6.07, 6.45) is 0.942. The van der Waals surface area contributed by atoms with Gasteiger partial charge < -0.3 is 11.1 Å². The van der Waals surface area contributed by atoms with Gasteiger partial charge in [-0.1, -0.05) is 36.7 Å². The lowest BCUT2D eigenvalue weighted by atomic mass is 10.1. The van der Waals surface area contributed by atoms with Crippen LogP contribution >= 0.6 is 11.6 Å². The van der Waals surface area contributed by atoms with Gasteiger partial charge in [0.2, 0.25) is 5.95 Å². The quantitative estimate of drug-likeness (QED) is 0.820. The van der Waals surface area contributed by atoms with Crippen LogP contribution in [0.15, 0.2) is 30.3 Å². The third-order valence-electron chi connectivity index (χ3n) is 2.37. The van der Waals surface area contributed by atoms with Crippen LogP contribution in [0.3, 0.4) is 0 Å². The highest BCUT2D eigenvalue weighted by Gasteiger charge is 2.03. The lowest BCUT2D eigenvalue weighted by molar-refractivity contribution is 1.13. The van der Waals surface area contributed by atoms with E-state index in [1.54, 1.807) is 6.07 Å². The molecule has 0 saturated carbocycles. The summed E-state index contributed by atoms with van der Waals surface area (Å²) in [6, 6.07) is 9.67. The van der Waals surface area contributed by atoms with Crippen LogP contribution in [0.2, 0.25) is 5.15 Å². The second kappa shape index (κ2) is 5.01. The van der Waals surface area contributed by atoms with Crippen molar-refractivity contribution < 1.29 is 0 Å². The first-order chi connectivity index (χ1) is 8.19. The van der Waals surface area contributed by atoms with Gasteiger partial charge in [0.25, 0.3) is 0 Å². The number of aryl methyl sites for hydroxylation is 1. The molecule has 0 amide bonds. The Morgan fingerprint density at radius 2 is 2.06 bits per heavy atom. The van der Waals surface area contributed by atoms with Crippen LogP contribution in [0.25, 0.3) is 0 Å². The molecule has 4 nitrogen and oxygen atoms in total. The summed E-state index contributed by atoms with van der Waals surface area (Å²) in [5, 5.41) is 3.52. The highest BCUT2D eigenvalue weighted by molar-refractivity contribution is 6.29. The standard InChI is InChI=1S/C12H13ClN4/c1-2-8-5-3-4-6-9(8)15-11-7-10(13)16-12(14)17-11/h3-7H,2H2,1H3,(H3,14,15,16,17). The number of nitrogens with one attached hydrogen (secondary N) is 1. The van der Waals surface area contributed by atoms with Crippen molar-refractivity contribution in [3.8, 4) is 0 Å². The molecule has 88 valence electrons. The number of nitrogens with zero attached hydrogens (tertiary/aromatic N) is 2. The average Bonchev–Trinajstić information content (AvgIpc) is 2.28. The van der Waals surface area contributed by atoms with Gasteiger partial charge in [0, 0.05) is 11.8 Å². The predicted octanol–water partition coefficient (Wildman–Crippen LogP) is 3.02. The highest BCUT2D eigenvalue weighted by atomic mass is 35.5. The number of anilines is 3. The van der Waals surface area contributed by atoms with Gasteiger partial charge in [-0.05, 0) is 18.1 Å². The number of nitrogens with two attached hydrogens (primary N) is 1. The smallest absolute Gasteiger partial charge is 0.223 e. The first kappa shape index (κ1) is 11.7. The molecule has 0 spiro atoms. The van der Waals surface area contributed by atoms with E-state index in [0.717, 1.165) is 12.1 Å². The summed E-state index contributed by atoms with van der Waals surface area (Å²) >= 11 is 5.82. The van der Waals surface area contributed by atoms with E-state index in [4.69, 9.17) is 17.3 Å². The van der Waals surface area contributed by atoms with Gasteiger partial charge in [-0.2, -0.15) is 4.98 Å². The molecule has 1 aromatic carbocycles. The molecule has 1 aromatic heterocycles. The first-order valence-corrected chi connectivity index (χ1v) is 5.72. The number of hydrogen-bond donors (Lipinski definition) is 2. The van der Waals surface area contributed by atoms with Gasteiger partial charge in [0.15, 0.2) is 0 Å². The lowest BCUT2D eigenvalue weighted by Gasteiger charge is -2.10. The second-order valence-corrected chi connectivity index (χ2v) is 3.96. The van der Waals surface area contributed by atoms with Crippen molar-refractivity contribution in [2.45, 2.75) is 13.3 Å². The van der Waals surface area contributed by atoms with Crippen LogP contribution in [0.1, 0.15) is 12.5 Å². The number of nitrogen functional groups attached to an aromatic ring is 1. The SMILES string of the molecule is CCc1ccccc1Nc1cc(Cl)nc(N)n1. The molecule has 0 fully saturated rings. The molecule has 2 aromatic rings. The van der Waals surface area contributed by atoms with Gasteiger partial charge >= 0.3 is 0 Å². The molecular formula is C12H13ClN4. The van der Waals surface area contributed by atoms with Crippen molar-refractivity contribution in [1.82, 2.24) is 9.97 Å². The van der Waals surface area contributed by atoms with Crippen molar-refractivity contribution in [2.75, 3.05) is 11.1 Å². The van der Waals surface area contributed by atoms with Gasteiger partial charge in [-0.25, -0.2) is 4.98 Å². The molecule has 5 heteroatoms. The van der Waals surface area contributed by atoms with Gasteiger partial charge in [-0.15, -0.1) is 0 Å². The normalized spacial score (nSPS) is 10.2. The summed E-state index contributed by atoms with van der Waals surface area (Å²) in [4.78, 5) is 7.89. The number of aromatic nitrogens is 2. The van der Waals surface area contributed by atoms with Crippen LogP contribution in [0.4, 0.5) is 17.5 Å². The maximum absolute atomic E-state index is 5.82. The maximum Gasteiger partial charge on any atom is 0.223 e. The summed E-state index contributed by atoms with van der Waals surface area (Å²) < 4.78 is 0. The summed E-state index contributed by atoms with van der Waals surface area (Å²) in [7, 11) is 0. The monoisotopic (exact) mass is 248 g/mol. The van der Waals surface area contributed by atoms with E-state index in [0.29, 0.717) is 11.0 Å². The van der Waals surface area contributed by atoms with E-state index in [2.05, 4.69) is 28.3 Å². The predicted molar refractivity (Wildman–Crippen MR) is 70.6 cm³/mol. The zero-order valence-electron chi connectivity index (χ0n) is 9.44. The second-order valence-electron chi connectivity index (χ2n) is 3.57. The molecule has 0 saturated heterocycles. The van der Waals surface area contributed by atoms with Crippen molar-refractivity contribution in [2.24, 2.45) is 0 Å². The van der Waals surface area contributed by atoms with Crippen molar-refractivity contribution >= 4 is 29.1 Å². The van der Waals surface area contributed by atoms with Crippen LogP contribution < -0.4 is 11.1 Å². The first-order valence-electron chi connectivity index (χ1n) is 5.34. The van der Waals surface area contributed by atoms with Gasteiger partial charge in [0.05, 0.1) is 0 Å². The van der Waals surface area contributed by atoms with Gasteiger partial charge in [-0.3, -0.25) is 0 Å². The Kier molecular flexibility index (Phi) is 3.44. The number of para-hydroxylation sites is 1. The molecule has 17 heavy (non-hydrogen) atoms. The molecule has 1 heterocycles. The van der Waals surface area contributed by atoms with E-state index >= 15 is 0 Å².